The second-order valence-corrected chi connectivity index (χ2v) is 5.16. The van der Waals surface area contributed by atoms with Crippen LogP contribution in [0.4, 0.5) is 5.82 Å². The summed E-state index contributed by atoms with van der Waals surface area (Å²) in [7, 11) is 0. The van der Waals surface area contributed by atoms with Crippen molar-refractivity contribution >= 4 is 21.7 Å². The lowest BCUT2D eigenvalue weighted by Crippen LogP contribution is -2.02. The van der Waals surface area contributed by atoms with E-state index in [2.05, 4.69) is 25.9 Å². The van der Waals surface area contributed by atoms with Gasteiger partial charge in [-0.15, -0.1) is 0 Å². The molecule has 0 aliphatic heterocycles. The van der Waals surface area contributed by atoms with E-state index in [-0.39, 0.29) is 0 Å². The molecule has 0 unspecified atom stereocenters. The van der Waals surface area contributed by atoms with E-state index >= 15 is 0 Å². The van der Waals surface area contributed by atoms with Gasteiger partial charge in [0.05, 0.1) is 5.56 Å². The predicted octanol–water partition coefficient (Wildman–Crippen LogP) is 3.79. The van der Waals surface area contributed by atoms with Gasteiger partial charge in [-0.1, -0.05) is 22.9 Å². The van der Waals surface area contributed by atoms with Crippen LogP contribution in [-0.2, 0) is 6.42 Å². The van der Waals surface area contributed by atoms with Gasteiger partial charge >= 0.3 is 0 Å². The number of nitrogens with two attached hydrogens (primary N) is 1. The number of aryl methyl sites for hydroxylation is 2. The van der Waals surface area contributed by atoms with Gasteiger partial charge < -0.3 is 10.5 Å². The van der Waals surface area contributed by atoms with Gasteiger partial charge in [-0.05, 0) is 43.5 Å². The van der Waals surface area contributed by atoms with Crippen LogP contribution in [0.25, 0.3) is 0 Å². The normalized spacial score (nSPS) is 10.5. The fourth-order valence-corrected chi connectivity index (χ4v) is 2.13. The maximum absolute atomic E-state index is 5.85. The summed E-state index contributed by atoms with van der Waals surface area (Å²) in [6.45, 7) is 6.05. The number of benzene rings is 1. The fourth-order valence-electron chi connectivity index (χ4n) is 1.91. The maximum Gasteiger partial charge on any atom is 0.227 e. The third-order valence-corrected chi connectivity index (χ3v) is 4.17. The monoisotopic (exact) mass is 321 g/mol. The number of nitrogens with zero attached hydrogens (tertiary/aromatic N) is 2. The summed E-state index contributed by atoms with van der Waals surface area (Å²) in [5, 5.41) is 0. The molecule has 1 heterocycles. The Bertz CT molecular complexity index is 591. The summed E-state index contributed by atoms with van der Waals surface area (Å²) in [5.41, 5.74) is 8.91. The molecule has 0 aliphatic rings. The molecular weight excluding hydrogens is 306 g/mol. The number of nitrogen functional groups attached to an aromatic ring is 1. The van der Waals surface area contributed by atoms with Crippen molar-refractivity contribution in [3.63, 3.8) is 0 Å². The van der Waals surface area contributed by atoms with E-state index in [1.54, 1.807) is 0 Å². The van der Waals surface area contributed by atoms with Crippen molar-refractivity contribution in [2.24, 2.45) is 0 Å². The Labute approximate surface area is 121 Å². The number of ether oxygens (including phenoxy) is 1. The molecule has 0 radical (unpaired) electrons. The van der Waals surface area contributed by atoms with Crippen LogP contribution in [0.1, 0.15) is 23.6 Å². The van der Waals surface area contributed by atoms with E-state index in [9.17, 15) is 0 Å². The van der Waals surface area contributed by atoms with Crippen molar-refractivity contribution in [2.45, 2.75) is 27.2 Å². The van der Waals surface area contributed by atoms with Gasteiger partial charge in [0.15, 0.2) is 0 Å². The van der Waals surface area contributed by atoms with Gasteiger partial charge in [-0.25, -0.2) is 9.97 Å². The van der Waals surface area contributed by atoms with Crippen molar-refractivity contribution < 1.29 is 4.74 Å². The van der Waals surface area contributed by atoms with E-state index in [1.807, 2.05) is 32.9 Å². The predicted molar refractivity (Wildman–Crippen MR) is 79.5 cm³/mol. The number of rotatable bonds is 3. The Morgan fingerprint density at radius 3 is 2.42 bits per heavy atom. The minimum atomic E-state index is 0.470. The number of hydrogen-bond donors (Lipinski definition) is 1. The highest BCUT2D eigenvalue weighted by Crippen LogP contribution is 2.31. The van der Waals surface area contributed by atoms with Crippen LogP contribution in [0.5, 0.6) is 11.6 Å². The lowest BCUT2D eigenvalue weighted by Gasteiger charge is -2.12. The molecule has 0 atom stereocenters. The van der Waals surface area contributed by atoms with E-state index in [4.69, 9.17) is 10.5 Å². The van der Waals surface area contributed by atoms with Crippen LogP contribution in [-0.4, -0.2) is 9.97 Å². The summed E-state index contributed by atoms with van der Waals surface area (Å²) in [4.78, 5) is 8.14. The summed E-state index contributed by atoms with van der Waals surface area (Å²) < 4.78 is 6.94. The van der Waals surface area contributed by atoms with E-state index in [1.165, 1.54) is 6.33 Å². The minimum absolute atomic E-state index is 0.470. The lowest BCUT2D eigenvalue weighted by molar-refractivity contribution is 0.455. The van der Waals surface area contributed by atoms with Gasteiger partial charge in [-0.2, -0.15) is 0 Å². The van der Waals surface area contributed by atoms with Crippen LogP contribution in [0.2, 0.25) is 0 Å². The Kier molecular flexibility index (Phi) is 4.04. The van der Waals surface area contributed by atoms with Crippen molar-refractivity contribution in [1.82, 2.24) is 9.97 Å². The molecule has 1 aromatic heterocycles. The van der Waals surface area contributed by atoms with Crippen LogP contribution in [0.3, 0.4) is 0 Å². The van der Waals surface area contributed by atoms with Gasteiger partial charge in [0.2, 0.25) is 5.88 Å². The summed E-state index contributed by atoms with van der Waals surface area (Å²) >= 11 is 3.54. The molecule has 0 spiro atoms. The molecule has 100 valence electrons. The number of aromatic nitrogens is 2. The average molecular weight is 322 g/mol. The molecule has 2 aromatic rings. The van der Waals surface area contributed by atoms with Crippen LogP contribution >= 0.6 is 15.9 Å². The zero-order valence-corrected chi connectivity index (χ0v) is 12.8. The Balaban J connectivity index is 2.39. The van der Waals surface area contributed by atoms with Crippen molar-refractivity contribution in [3.8, 4) is 11.6 Å². The van der Waals surface area contributed by atoms with Crippen molar-refractivity contribution in [3.05, 3.63) is 39.6 Å². The molecule has 0 aliphatic carbocycles. The van der Waals surface area contributed by atoms with E-state index in [0.29, 0.717) is 11.7 Å². The second kappa shape index (κ2) is 5.57. The van der Waals surface area contributed by atoms with Crippen molar-refractivity contribution in [1.29, 1.82) is 0 Å². The largest absolute Gasteiger partial charge is 0.439 e. The van der Waals surface area contributed by atoms with Crippen LogP contribution in [0.15, 0.2) is 22.9 Å². The molecule has 19 heavy (non-hydrogen) atoms. The fraction of sp³-hybridized carbons (Fsp3) is 0.286. The molecule has 0 fully saturated rings. The van der Waals surface area contributed by atoms with E-state index < -0.39 is 0 Å². The minimum Gasteiger partial charge on any atom is -0.439 e. The summed E-state index contributed by atoms with van der Waals surface area (Å²) in [6, 6.07) is 3.93. The Morgan fingerprint density at radius 1 is 1.21 bits per heavy atom. The molecule has 0 bridgehead atoms. The zero-order valence-electron chi connectivity index (χ0n) is 11.2. The smallest absolute Gasteiger partial charge is 0.227 e. The SMILES string of the molecule is CCc1c(N)ncnc1Oc1cc(C)c(Br)c(C)c1. The molecule has 2 rings (SSSR count). The summed E-state index contributed by atoms with van der Waals surface area (Å²) in [6.07, 6.45) is 2.15. The number of anilines is 1. The molecular formula is C14H16BrN3O. The molecule has 2 N–H and O–H groups in total. The first kappa shape index (κ1) is 13.8. The topological polar surface area (TPSA) is 61.0 Å². The molecule has 5 heteroatoms. The molecule has 4 nitrogen and oxygen atoms in total. The lowest BCUT2D eigenvalue weighted by atomic mass is 10.1. The van der Waals surface area contributed by atoms with Gasteiger partial charge in [0.1, 0.15) is 17.9 Å². The first-order valence-electron chi connectivity index (χ1n) is 6.06. The second-order valence-electron chi connectivity index (χ2n) is 4.37. The Hall–Kier alpha value is -1.62. The number of hydrogen-bond acceptors (Lipinski definition) is 4. The Morgan fingerprint density at radius 2 is 1.84 bits per heavy atom. The first-order valence-corrected chi connectivity index (χ1v) is 6.86. The summed E-state index contributed by atoms with van der Waals surface area (Å²) in [5.74, 6) is 1.75. The molecule has 0 saturated heterocycles. The highest BCUT2D eigenvalue weighted by molar-refractivity contribution is 9.10. The van der Waals surface area contributed by atoms with Crippen LogP contribution < -0.4 is 10.5 Å². The third kappa shape index (κ3) is 2.87. The average Bonchev–Trinajstić information content (AvgIpc) is 2.36. The van der Waals surface area contributed by atoms with Gasteiger partial charge in [0.25, 0.3) is 0 Å². The molecule has 0 saturated carbocycles. The van der Waals surface area contributed by atoms with Gasteiger partial charge in [-0.3, -0.25) is 0 Å². The van der Waals surface area contributed by atoms with E-state index in [0.717, 1.165) is 33.3 Å². The molecule has 1 aromatic carbocycles. The van der Waals surface area contributed by atoms with Crippen molar-refractivity contribution in [2.75, 3.05) is 5.73 Å². The first-order chi connectivity index (χ1) is 9.02. The molecule has 0 amide bonds. The zero-order chi connectivity index (χ0) is 14.0. The third-order valence-electron chi connectivity index (χ3n) is 2.92. The highest BCUT2D eigenvalue weighted by atomic mass is 79.9. The number of halogens is 1. The quantitative estimate of drug-likeness (QED) is 0.934. The maximum atomic E-state index is 5.85. The standard InChI is InChI=1S/C14H16BrN3O/c1-4-11-13(16)17-7-18-14(11)19-10-5-8(2)12(15)9(3)6-10/h5-7H,4H2,1-3H3,(H2,16,17,18). The highest BCUT2D eigenvalue weighted by Gasteiger charge is 2.11. The van der Waals surface area contributed by atoms with Gasteiger partial charge in [0, 0.05) is 4.47 Å². The van der Waals surface area contributed by atoms with Crippen LogP contribution in [0, 0.1) is 13.8 Å².